The summed E-state index contributed by atoms with van der Waals surface area (Å²) < 4.78 is 19.3. The number of hydrogen-bond donors (Lipinski definition) is 1. The third kappa shape index (κ3) is 7.48. The lowest BCUT2D eigenvalue weighted by atomic mass is 9.97. The Morgan fingerprint density at radius 2 is 1.40 bits per heavy atom. The minimum Gasteiger partial charge on any atom is -0.496 e. The summed E-state index contributed by atoms with van der Waals surface area (Å²) in [6, 6.07) is 25.2. The summed E-state index contributed by atoms with van der Waals surface area (Å²) in [7, 11) is 1.54. The highest BCUT2D eigenvalue weighted by atomic mass is 19.1. The Bertz CT molecular complexity index is 1180. The van der Waals surface area contributed by atoms with Gasteiger partial charge >= 0.3 is 0 Å². The lowest BCUT2D eigenvalue weighted by Crippen LogP contribution is -2.28. The maximum atomic E-state index is 14.1. The van der Waals surface area contributed by atoms with E-state index in [0.29, 0.717) is 17.7 Å². The third-order valence-electron chi connectivity index (χ3n) is 7.70. The van der Waals surface area contributed by atoms with Crippen LogP contribution in [0.15, 0.2) is 72.8 Å². The summed E-state index contributed by atoms with van der Waals surface area (Å²) in [5.41, 5.74) is 3.99. The lowest BCUT2D eigenvalue weighted by molar-refractivity contribution is -0.122. The Hall–Kier alpha value is -3.71. The van der Waals surface area contributed by atoms with Gasteiger partial charge in [-0.1, -0.05) is 60.7 Å². The summed E-state index contributed by atoms with van der Waals surface area (Å²) in [6.45, 7) is 3.66. The molecule has 2 heterocycles. The van der Waals surface area contributed by atoms with Gasteiger partial charge in [0.05, 0.1) is 18.7 Å². The molecule has 0 aromatic heterocycles. The van der Waals surface area contributed by atoms with Crippen LogP contribution in [0.1, 0.15) is 77.5 Å². The number of amides is 1. The van der Waals surface area contributed by atoms with Gasteiger partial charge in [-0.05, 0) is 80.3 Å². The molecular weight excluding hydrogens is 507 g/mol. The average Bonchev–Trinajstić information content (AvgIpc) is 3.42. The van der Waals surface area contributed by atoms with Gasteiger partial charge in [-0.25, -0.2) is 4.39 Å². The molecule has 0 spiro atoms. The first-order valence-corrected chi connectivity index (χ1v) is 14.2. The number of hydrogen-bond acceptors (Lipinski definition) is 4. The third-order valence-corrected chi connectivity index (χ3v) is 7.70. The zero-order chi connectivity index (χ0) is 28.3. The van der Waals surface area contributed by atoms with E-state index in [2.05, 4.69) is 65.6 Å². The zero-order valence-corrected chi connectivity index (χ0v) is 23.2. The number of nitrogens with zero attached hydrogens (tertiary/aromatic N) is 2. The van der Waals surface area contributed by atoms with Gasteiger partial charge in [0.2, 0.25) is 0 Å². The van der Waals surface area contributed by atoms with Gasteiger partial charge < -0.3 is 14.7 Å². The van der Waals surface area contributed by atoms with Crippen molar-refractivity contribution >= 4 is 12.4 Å². The van der Waals surface area contributed by atoms with Gasteiger partial charge in [0.1, 0.15) is 11.6 Å². The van der Waals surface area contributed by atoms with Crippen molar-refractivity contribution in [1.82, 2.24) is 9.80 Å². The second-order valence-corrected chi connectivity index (χ2v) is 10.4. The highest BCUT2D eigenvalue weighted by Crippen LogP contribution is 2.45. The van der Waals surface area contributed by atoms with Gasteiger partial charge in [-0.3, -0.25) is 14.5 Å². The molecule has 3 aromatic carbocycles. The van der Waals surface area contributed by atoms with Crippen LogP contribution in [0.2, 0.25) is 0 Å². The number of benzene rings is 3. The van der Waals surface area contributed by atoms with E-state index < -0.39 is 5.82 Å². The van der Waals surface area contributed by atoms with Crippen LogP contribution in [0.3, 0.4) is 0 Å². The van der Waals surface area contributed by atoms with Crippen LogP contribution in [0, 0.1) is 5.82 Å². The number of carboxylic acid groups (broad SMARTS) is 1. The van der Waals surface area contributed by atoms with Crippen LogP contribution < -0.4 is 4.74 Å². The molecule has 7 heteroatoms. The van der Waals surface area contributed by atoms with Crippen molar-refractivity contribution in [3.05, 3.63) is 101 Å². The maximum Gasteiger partial charge on any atom is 0.290 e. The van der Waals surface area contributed by atoms with Crippen molar-refractivity contribution < 1.29 is 23.8 Å². The molecule has 0 radical (unpaired) electrons. The van der Waals surface area contributed by atoms with E-state index in [1.54, 1.807) is 18.1 Å². The quantitative estimate of drug-likeness (QED) is 0.357. The van der Waals surface area contributed by atoms with Crippen LogP contribution in [0.25, 0.3) is 0 Å². The van der Waals surface area contributed by atoms with Gasteiger partial charge in [-0.2, -0.15) is 0 Å². The fraction of sp³-hybridized carbons (Fsp3) is 0.394. The van der Waals surface area contributed by atoms with Crippen molar-refractivity contribution in [3.63, 3.8) is 0 Å². The zero-order valence-electron chi connectivity index (χ0n) is 23.2. The molecule has 2 saturated heterocycles. The normalized spacial score (nSPS) is 16.5. The van der Waals surface area contributed by atoms with Crippen molar-refractivity contribution in [2.24, 2.45) is 0 Å². The number of likely N-dealkylation sites (tertiary alicyclic amines) is 2. The Balaban J connectivity index is 0.000000169. The summed E-state index contributed by atoms with van der Waals surface area (Å²) in [5.74, 6) is 0.344. The van der Waals surface area contributed by atoms with E-state index in [-0.39, 0.29) is 17.9 Å². The predicted molar refractivity (Wildman–Crippen MR) is 154 cm³/mol. The topological polar surface area (TPSA) is 70.1 Å². The van der Waals surface area contributed by atoms with E-state index in [1.165, 1.54) is 43.1 Å². The van der Waals surface area contributed by atoms with E-state index in [4.69, 9.17) is 14.6 Å². The second kappa shape index (κ2) is 14.6. The Kier molecular flexibility index (Phi) is 10.7. The largest absolute Gasteiger partial charge is 0.496 e. The number of ether oxygens (including phenoxy) is 1. The molecule has 2 aliphatic heterocycles. The van der Waals surface area contributed by atoms with E-state index in [9.17, 15) is 9.18 Å². The van der Waals surface area contributed by atoms with Crippen LogP contribution >= 0.6 is 0 Å². The number of halogens is 1. The van der Waals surface area contributed by atoms with Crippen molar-refractivity contribution in [3.8, 4) is 5.75 Å². The molecule has 1 aliphatic carbocycles. The van der Waals surface area contributed by atoms with E-state index in [0.717, 1.165) is 44.3 Å². The molecule has 3 fully saturated rings. The first kappa shape index (κ1) is 29.3. The summed E-state index contributed by atoms with van der Waals surface area (Å²) >= 11 is 0. The summed E-state index contributed by atoms with van der Waals surface area (Å²) in [5, 5.41) is 6.89. The molecular formula is C33H39FN2O4. The monoisotopic (exact) mass is 546 g/mol. The molecule has 212 valence electrons. The molecule has 40 heavy (non-hydrogen) atoms. The van der Waals surface area contributed by atoms with Gasteiger partial charge in [0.25, 0.3) is 12.4 Å². The second-order valence-electron chi connectivity index (χ2n) is 10.4. The molecule has 1 amide bonds. The number of carbonyl (C=O) groups is 2. The fourth-order valence-corrected chi connectivity index (χ4v) is 5.60. The molecule has 1 N–H and O–H groups in total. The smallest absolute Gasteiger partial charge is 0.290 e. The first-order valence-electron chi connectivity index (χ1n) is 14.2. The minimum absolute atomic E-state index is 0.181. The SMILES string of the molecule is COc1cc(F)c(C(=O)N2CCCC2)cc1C1CC1.O=CO.c1ccc(C(c2ccccc2)N2CCCC2)cc1. The number of carbonyl (C=O) groups excluding carboxylic acids is 1. The van der Waals surface area contributed by atoms with Crippen LogP contribution in [0.4, 0.5) is 4.39 Å². The molecule has 1 saturated carbocycles. The van der Waals surface area contributed by atoms with Gasteiger partial charge in [0, 0.05) is 19.2 Å². The predicted octanol–water partition coefficient (Wildman–Crippen LogP) is 6.52. The molecule has 3 aliphatic rings. The van der Waals surface area contributed by atoms with Crippen LogP contribution in [0.5, 0.6) is 5.75 Å². The Morgan fingerprint density at radius 3 is 1.88 bits per heavy atom. The molecule has 6 rings (SSSR count). The summed E-state index contributed by atoms with van der Waals surface area (Å²) in [6.07, 6.45) is 6.88. The number of methoxy groups -OCH3 is 1. The summed E-state index contributed by atoms with van der Waals surface area (Å²) in [4.78, 5) is 25.0. The van der Waals surface area contributed by atoms with E-state index in [1.807, 2.05) is 0 Å². The van der Waals surface area contributed by atoms with Crippen molar-refractivity contribution in [2.75, 3.05) is 33.3 Å². The Morgan fingerprint density at radius 1 is 0.900 bits per heavy atom. The van der Waals surface area contributed by atoms with E-state index >= 15 is 0 Å². The van der Waals surface area contributed by atoms with Crippen molar-refractivity contribution in [1.29, 1.82) is 0 Å². The molecule has 0 atom stereocenters. The lowest BCUT2D eigenvalue weighted by Gasteiger charge is -2.28. The van der Waals surface area contributed by atoms with Crippen molar-refractivity contribution in [2.45, 2.75) is 50.5 Å². The highest BCUT2D eigenvalue weighted by Gasteiger charge is 2.30. The molecule has 6 nitrogen and oxygen atoms in total. The molecule has 3 aromatic rings. The van der Waals surface area contributed by atoms with Gasteiger partial charge in [-0.15, -0.1) is 0 Å². The fourth-order valence-electron chi connectivity index (χ4n) is 5.60. The standard InChI is InChI=1S/C17H19N.C15H18FNO2.CH2O2/c1-3-9-15(10-4-1)17(18-13-7-8-14-18)16-11-5-2-6-12-16;1-19-14-9-13(16)12(8-11(14)10-4-5-10)15(18)17-6-2-3-7-17;2-1-3/h1-6,9-12,17H,7-8,13-14H2;8-10H,2-7H2,1H3;1H,(H,2,3). The molecule has 0 bridgehead atoms. The van der Waals surface area contributed by atoms with Gasteiger partial charge in [0.15, 0.2) is 0 Å². The average molecular weight is 547 g/mol. The molecule has 0 unspecified atom stereocenters. The Labute approximate surface area is 236 Å². The van der Waals surface area contributed by atoms with Crippen LogP contribution in [-0.4, -0.2) is 60.6 Å². The maximum absolute atomic E-state index is 14.1. The number of rotatable bonds is 6. The minimum atomic E-state index is -0.474. The first-order chi connectivity index (χ1) is 19.6. The van der Waals surface area contributed by atoms with Crippen LogP contribution in [-0.2, 0) is 4.79 Å². The highest BCUT2D eigenvalue weighted by molar-refractivity contribution is 5.95.